The predicted octanol–water partition coefficient (Wildman–Crippen LogP) is 2.90. The number of rotatable bonds is 8. The Kier molecular flexibility index (Phi) is 6.53. The highest BCUT2D eigenvalue weighted by atomic mass is 32.2. The van der Waals surface area contributed by atoms with Gasteiger partial charge < -0.3 is 10.6 Å². The number of hydrogen-bond donors (Lipinski definition) is 3. The first-order valence-corrected chi connectivity index (χ1v) is 10.5. The topological polar surface area (TPSA) is 109 Å². The lowest BCUT2D eigenvalue weighted by atomic mass is 10.3. The fourth-order valence-electron chi connectivity index (χ4n) is 2.60. The molecule has 3 aromatic rings. The van der Waals surface area contributed by atoms with Crippen molar-refractivity contribution in [3.63, 3.8) is 0 Å². The van der Waals surface area contributed by atoms with Crippen LogP contribution in [0.25, 0.3) is 0 Å². The molecule has 11 heteroatoms. The Labute approximate surface area is 172 Å². The summed E-state index contributed by atoms with van der Waals surface area (Å²) in [5, 5.41) is 6.07. The van der Waals surface area contributed by atoms with E-state index in [1.54, 1.807) is 19.2 Å². The number of anilines is 3. The molecule has 2 heterocycles. The number of nitrogens with one attached hydrogen (secondary N) is 3. The van der Waals surface area contributed by atoms with E-state index in [0.717, 1.165) is 17.7 Å². The normalized spacial score (nSPS) is 11.3. The van der Waals surface area contributed by atoms with E-state index < -0.39 is 26.6 Å². The molecule has 0 amide bonds. The number of pyridine rings is 1. The van der Waals surface area contributed by atoms with Crippen molar-refractivity contribution in [2.24, 2.45) is 0 Å². The smallest absolute Gasteiger partial charge is 0.243 e. The number of aryl methyl sites for hydroxylation is 2. The van der Waals surface area contributed by atoms with Gasteiger partial charge in [-0.25, -0.2) is 36.9 Å². The van der Waals surface area contributed by atoms with Crippen LogP contribution in [0.1, 0.15) is 11.4 Å². The summed E-state index contributed by atoms with van der Waals surface area (Å²) in [6, 6.07) is 7.69. The molecular weight excluding hydrogens is 414 g/mol. The average molecular weight is 434 g/mol. The van der Waals surface area contributed by atoms with E-state index in [0.29, 0.717) is 29.3 Å². The van der Waals surface area contributed by atoms with Gasteiger partial charge in [-0.15, -0.1) is 0 Å². The molecule has 2 aromatic heterocycles. The fourth-order valence-corrected chi connectivity index (χ4v) is 3.69. The molecule has 30 heavy (non-hydrogen) atoms. The number of halogens is 2. The number of nitrogens with zero attached hydrogens (tertiary/aromatic N) is 3. The first kappa shape index (κ1) is 21.5. The zero-order valence-electron chi connectivity index (χ0n) is 16.3. The molecule has 1 aromatic carbocycles. The minimum absolute atomic E-state index is 0.0373. The van der Waals surface area contributed by atoms with Crippen LogP contribution in [0.3, 0.4) is 0 Å². The molecule has 0 aliphatic rings. The molecule has 0 atom stereocenters. The van der Waals surface area contributed by atoms with Crippen molar-refractivity contribution < 1.29 is 17.2 Å². The maximum atomic E-state index is 13.7. The summed E-state index contributed by atoms with van der Waals surface area (Å²) in [4.78, 5) is 12.1. The minimum atomic E-state index is -4.11. The van der Waals surface area contributed by atoms with Crippen LogP contribution in [0.5, 0.6) is 0 Å². The standard InChI is InChI=1S/C19H20F2N6O2S/c1-12-5-6-22-17(9-12)27-19-11-18(25-13(2)26-19)23-7-8-24-30(28,29)16-4-3-14(20)10-15(16)21/h3-6,9-11,24H,7-8H2,1-2H3,(H2,22,23,25,26,27). The molecule has 8 nitrogen and oxygen atoms in total. The van der Waals surface area contributed by atoms with Crippen molar-refractivity contribution in [2.45, 2.75) is 18.7 Å². The van der Waals surface area contributed by atoms with E-state index in [-0.39, 0.29) is 13.1 Å². The summed E-state index contributed by atoms with van der Waals surface area (Å²) >= 11 is 0. The monoisotopic (exact) mass is 434 g/mol. The summed E-state index contributed by atoms with van der Waals surface area (Å²) in [7, 11) is -4.11. The molecule has 0 spiro atoms. The molecule has 0 saturated heterocycles. The van der Waals surface area contributed by atoms with Gasteiger partial charge in [-0.3, -0.25) is 0 Å². The third-order valence-corrected chi connectivity index (χ3v) is 5.41. The van der Waals surface area contributed by atoms with Crippen molar-refractivity contribution in [3.8, 4) is 0 Å². The number of benzene rings is 1. The lowest BCUT2D eigenvalue weighted by Crippen LogP contribution is -2.29. The van der Waals surface area contributed by atoms with E-state index in [2.05, 4.69) is 30.3 Å². The molecule has 0 unspecified atom stereocenters. The summed E-state index contributed by atoms with van der Waals surface area (Å²) in [5.74, 6) is 0.138. The Balaban J connectivity index is 1.60. The maximum Gasteiger partial charge on any atom is 0.243 e. The van der Waals surface area contributed by atoms with Gasteiger partial charge in [-0.2, -0.15) is 0 Å². The van der Waals surface area contributed by atoms with Crippen LogP contribution in [0.4, 0.5) is 26.2 Å². The maximum absolute atomic E-state index is 13.7. The van der Waals surface area contributed by atoms with Gasteiger partial charge >= 0.3 is 0 Å². The van der Waals surface area contributed by atoms with Crippen molar-refractivity contribution >= 4 is 27.5 Å². The summed E-state index contributed by atoms with van der Waals surface area (Å²) < 4.78 is 53.3. The summed E-state index contributed by atoms with van der Waals surface area (Å²) in [5.41, 5.74) is 1.04. The lowest BCUT2D eigenvalue weighted by molar-refractivity contribution is 0.543. The van der Waals surface area contributed by atoms with Crippen molar-refractivity contribution in [1.29, 1.82) is 0 Å². The third-order valence-electron chi connectivity index (χ3n) is 3.92. The summed E-state index contributed by atoms with van der Waals surface area (Å²) in [6.45, 7) is 3.81. The molecule has 0 bridgehead atoms. The number of aromatic nitrogens is 3. The molecule has 0 radical (unpaired) electrons. The third kappa shape index (κ3) is 5.67. The highest BCUT2D eigenvalue weighted by Gasteiger charge is 2.18. The number of hydrogen-bond acceptors (Lipinski definition) is 7. The zero-order valence-corrected chi connectivity index (χ0v) is 17.1. The van der Waals surface area contributed by atoms with Gasteiger partial charge in [0.25, 0.3) is 0 Å². The quantitative estimate of drug-likeness (QED) is 0.468. The van der Waals surface area contributed by atoms with Crippen LogP contribution in [-0.4, -0.2) is 36.5 Å². The highest BCUT2D eigenvalue weighted by molar-refractivity contribution is 7.89. The van der Waals surface area contributed by atoms with Gasteiger partial charge in [0.2, 0.25) is 10.0 Å². The highest BCUT2D eigenvalue weighted by Crippen LogP contribution is 2.17. The fraction of sp³-hybridized carbons (Fsp3) is 0.211. The molecule has 0 fully saturated rings. The lowest BCUT2D eigenvalue weighted by Gasteiger charge is -2.11. The Hall–Kier alpha value is -3.18. The molecular formula is C19H20F2N6O2S. The summed E-state index contributed by atoms with van der Waals surface area (Å²) in [6.07, 6.45) is 1.68. The largest absolute Gasteiger partial charge is 0.369 e. The molecule has 0 aliphatic heterocycles. The molecule has 3 N–H and O–H groups in total. The van der Waals surface area contributed by atoms with Gasteiger partial charge in [0, 0.05) is 31.4 Å². The van der Waals surface area contributed by atoms with Crippen LogP contribution < -0.4 is 15.4 Å². The zero-order chi connectivity index (χ0) is 21.7. The van der Waals surface area contributed by atoms with Crippen molar-refractivity contribution in [1.82, 2.24) is 19.7 Å². The van der Waals surface area contributed by atoms with Gasteiger partial charge in [-0.05, 0) is 43.7 Å². The van der Waals surface area contributed by atoms with Gasteiger partial charge in [-0.1, -0.05) is 0 Å². The van der Waals surface area contributed by atoms with E-state index in [1.807, 2.05) is 19.1 Å². The second-order valence-corrected chi connectivity index (χ2v) is 8.16. The van der Waals surface area contributed by atoms with E-state index in [9.17, 15) is 17.2 Å². The molecule has 3 rings (SSSR count). The first-order valence-electron chi connectivity index (χ1n) is 8.97. The van der Waals surface area contributed by atoms with Crippen LogP contribution in [0, 0.1) is 25.5 Å². The Morgan fingerprint density at radius 3 is 2.43 bits per heavy atom. The van der Waals surface area contributed by atoms with Gasteiger partial charge in [0.1, 0.15) is 39.8 Å². The first-order chi connectivity index (χ1) is 14.2. The number of sulfonamides is 1. The van der Waals surface area contributed by atoms with Crippen LogP contribution in [0.15, 0.2) is 47.5 Å². The van der Waals surface area contributed by atoms with Crippen LogP contribution in [-0.2, 0) is 10.0 Å². The van der Waals surface area contributed by atoms with Crippen LogP contribution >= 0.6 is 0 Å². The second-order valence-electron chi connectivity index (χ2n) is 6.43. The van der Waals surface area contributed by atoms with Crippen molar-refractivity contribution in [3.05, 3.63) is 65.6 Å². The molecule has 0 saturated carbocycles. The second kappa shape index (κ2) is 9.09. The Morgan fingerprint density at radius 1 is 0.933 bits per heavy atom. The Morgan fingerprint density at radius 2 is 1.70 bits per heavy atom. The average Bonchev–Trinajstić information content (AvgIpc) is 2.64. The molecule has 158 valence electrons. The van der Waals surface area contributed by atoms with Gasteiger partial charge in [0.05, 0.1) is 0 Å². The van der Waals surface area contributed by atoms with Crippen molar-refractivity contribution in [2.75, 3.05) is 23.7 Å². The van der Waals surface area contributed by atoms with Gasteiger partial charge in [0.15, 0.2) is 0 Å². The van der Waals surface area contributed by atoms with Crippen LogP contribution in [0.2, 0.25) is 0 Å². The van der Waals surface area contributed by atoms with E-state index >= 15 is 0 Å². The minimum Gasteiger partial charge on any atom is -0.369 e. The SMILES string of the molecule is Cc1ccnc(Nc2cc(NCCNS(=O)(=O)c3ccc(F)cc3F)nc(C)n2)c1. The molecule has 0 aliphatic carbocycles. The Bertz CT molecular complexity index is 1160. The van der Waals surface area contributed by atoms with E-state index in [4.69, 9.17) is 0 Å². The predicted molar refractivity (Wildman–Crippen MR) is 109 cm³/mol. The van der Waals surface area contributed by atoms with E-state index in [1.165, 1.54) is 0 Å².